The highest BCUT2D eigenvalue weighted by Crippen LogP contribution is 2.44. The Balaban J connectivity index is 1.58. The molecule has 0 unspecified atom stereocenters. The molecule has 2 saturated heterocycles. The number of aliphatic carboxylic acids is 1. The van der Waals surface area contributed by atoms with Crippen molar-refractivity contribution in [2.45, 2.75) is 0 Å². The number of fused-ring (bicyclic) bond motifs is 1. The topological polar surface area (TPSA) is 86.6 Å². The molecular weight excluding hydrogens is 328 g/mol. The molecule has 2 fully saturated rings. The highest BCUT2D eigenvalue weighted by molar-refractivity contribution is 7.08. The van der Waals surface area contributed by atoms with Crippen LogP contribution >= 0.6 is 11.3 Å². The molecule has 0 aromatic carbocycles. The number of rotatable bonds is 3. The third-order valence-corrected chi connectivity index (χ3v) is 5.61. The van der Waals surface area contributed by atoms with Crippen molar-refractivity contribution < 1.29 is 14.7 Å². The predicted molar refractivity (Wildman–Crippen MR) is 88.0 cm³/mol. The smallest absolute Gasteiger partial charge is 0.313 e. The maximum atomic E-state index is 12.6. The van der Waals surface area contributed by atoms with E-state index >= 15 is 0 Å². The third kappa shape index (κ3) is 2.25. The van der Waals surface area contributed by atoms with Gasteiger partial charge in [0.15, 0.2) is 0 Å². The number of hydrogen-bond donors (Lipinski definition) is 1. The largest absolute Gasteiger partial charge is 0.481 e. The molecule has 7 nitrogen and oxygen atoms in total. The zero-order valence-corrected chi connectivity index (χ0v) is 13.6. The molecule has 2 aromatic rings. The maximum Gasteiger partial charge on any atom is 0.313 e. The lowest BCUT2D eigenvalue weighted by atomic mass is 9.81. The van der Waals surface area contributed by atoms with Gasteiger partial charge in [0.05, 0.1) is 5.56 Å². The number of thiophene rings is 1. The Morgan fingerprint density at radius 2 is 2.04 bits per heavy atom. The van der Waals surface area contributed by atoms with Gasteiger partial charge in [-0.15, -0.1) is 0 Å². The monoisotopic (exact) mass is 344 g/mol. The molecule has 0 bridgehead atoms. The molecule has 2 aliphatic heterocycles. The van der Waals surface area contributed by atoms with Gasteiger partial charge in [-0.2, -0.15) is 11.3 Å². The van der Waals surface area contributed by atoms with E-state index in [4.69, 9.17) is 0 Å². The second kappa shape index (κ2) is 5.55. The van der Waals surface area contributed by atoms with E-state index in [0.717, 1.165) is 0 Å². The standard InChI is InChI=1S/C16H16N4O3S/c21-13(11-2-5-24-8-11)19-6-12-7-20(15-17-3-1-4-18-15)10-16(12,9-19)14(22)23/h1-5,8,12H,6-7,9-10H2,(H,22,23)/t12-,16-/m1/s1. The zero-order valence-electron chi connectivity index (χ0n) is 12.8. The van der Waals surface area contributed by atoms with Gasteiger partial charge in [-0.1, -0.05) is 0 Å². The van der Waals surface area contributed by atoms with Crippen LogP contribution in [0.4, 0.5) is 5.95 Å². The van der Waals surface area contributed by atoms with Gasteiger partial charge >= 0.3 is 5.97 Å². The summed E-state index contributed by atoms with van der Waals surface area (Å²) < 4.78 is 0. The first kappa shape index (κ1) is 15.1. The van der Waals surface area contributed by atoms with E-state index in [0.29, 0.717) is 31.1 Å². The number of likely N-dealkylation sites (tertiary alicyclic amines) is 1. The van der Waals surface area contributed by atoms with E-state index in [2.05, 4.69) is 9.97 Å². The maximum absolute atomic E-state index is 12.6. The van der Waals surface area contributed by atoms with Crippen molar-refractivity contribution >= 4 is 29.2 Å². The van der Waals surface area contributed by atoms with Crippen LogP contribution in [-0.4, -0.2) is 58.0 Å². The molecule has 2 aromatic heterocycles. The van der Waals surface area contributed by atoms with Crippen LogP contribution in [0.1, 0.15) is 10.4 Å². The average molecular weight is 344 g/mol. The second-order valence-electron chi connectivity index (χ2n) is 6.29. The van der Waals surface area contributed by atoms with Crippen molar-refractivity contribution in [2.24, 2.45) is 11.3 Å². The summed E-state index contributed by atoms with van der Waals surface area (Å²) in [4.78, 5) is 36.6. The summed E-state index contributed by atoms with van der Waals surface area (Å²) in [6, 6.07) is 3.51. The first-order chi connectivity index (χ1) is 11.6. The Labute approximate surface area is 142 Å². The van der Waals surface area contributed by atoms with Crippen LogP contribution in [0.15, 0.2) is 35.3 Å². The van der Waals surface area contributed by atoms with Gasteiger partial charge in [0, 0.05) is 49.9 Å². The number of amides is 1. The first-order valence-corrected chi connectivity index (χ1v) is 8.61. The lowest BCUT2D eigenvalue weighted by Crippen LogP contribution is -2.42. The average Bonchev–Trinajstić information content (AvgIpc) is 3.29. The van der Waals surface area contributed by atoms with Crippen LogP contribution in [0.5, 0.6) is 0 Å². The summed E-state index contributed by atoms with van der Waals surface area (Å²) in [5.74, 6) is -0.523. The molecule has 8 heteroatoms. The van der Waals surface area contributed by atoms with Gasteiger partial charge in [-0.3, -0.25) is 9.59 Å². The van der Waals surface area contributed by atoms with E-state index < -0.39 is 11.4 Å². The summed E-state index contributed by atoms with van der Waals surface area (Å²) in [5.41, 5.74) is -0.325. The fourth-order valence-electron chi connectivity index (χ4n) is 3.70. The van der Waals surface area contributed by atoms with Crippen molar-refractivity contribution in [3.05, 3.63) is 40.8 Å². The SMILES string of the molecule is O=C(c1ccsc1)N1C[C@@H]2CN(c3ncccn3)C[C@]2(C(=O)O)C1. The highest BCUT2D eigenvalue weighted by Gasteiger charge is 2.59. The van der Waals surface area contributed by atoms with Crippen LogP contribution in [0.2, 0.25) is 0 Å². The number of anilines is 1. The van der Waals surface area contributed by atoms with E-state index in [-0.39, 0.29) is 18.4 Å². The fourth-order valence-corrected chi connectivity index (χ4v) is 4.33. The van der Waals surface area contributed by atoms with Crippen molar-refractivity contribution in [3.8, 4) is 0 Å². The lowest BCUT2D eigenvalue weighted by molar-refractivity contribution is -0.148. The van der Waals surface area contributed by atoms with E-state index in [1.54, 1.807) is 34.8 Å². The van der Waals surface area contributed by atoms with Crippen LogP contribution in [-0.2, 0) is 4.79 Å². The van der Waals surface area contributed by atoms with E-state index in [1.165, 1.54) is 11.3 Å². The molecule has 2 atom stereocenters. The number of hydrogen-bond acceptors (Lipinski definition) is 6. The van der Waals surface area contributed by atoms with Crippen LogP contribution < -0.4 is 4.90 Å². The molecule has 4 rings (SSSR count). The minimum absolute atomic E-state index is 0.0891. The Morgan fingerprint density at radius 1 is 1.25 bits per heavy atom. The summed E-state index contributed by atoms with van der Waals surface area (Å²) in [5, 5.41) is 13.5. The predicted octanol–water partition coefficient (Wildman–Crippen LogP) is 1.20. The zero-order chi connectivity index (χ0) is 16.7. The van der Waals surface area contributed by atoms with Crippen LogP contribution in [0.3, 0.4) is 0 Å². The van der Waals surface area contributed by atoms with Gasteiger partial charge < -0.3 is 14.9 Å². The number of aromatic nitrogens is 2. The minimum atomic E-state index is -0.953. The summed E-state index contributed by atoms with van der Waals surface area (Å²) in [6.07, 6.45) is 3.30. The first-order valence-electron chi connectivity index (χ1n) is 7.67. The molecule has 0 radical (unpaired) electrons. The fraction of sp³-hybridized carbons (Fsp3) is 0.375. The minimum Gasteiger partial charge on any atom is -0.481 e. The highest BCUT2D eigenvalue weighted by atomic mass is 32.1. The molecule has 0 saturated carbocycles. The van der Waals surface area contributed by atoms with Crippen LogP contribution in [0.25, 0.3) is 0 Å². The molecule has 24 heavy (non-hydrogen) atoms. The van der Waals surface area contributed by atoms with Crippen molar-refractivity contribution in [1.82, 2.24) is 14.9 Å². The summed E-state index contributed by atoms with van der Waals surface area (Å²) in [6.45, 7) is 1.55. The molecule has 1 N–H and O–H groups in total. The number of nitrogens with zero attached hydrogens (tertiary/aromatic N) is 4. The van der Waals surface area contributed by atoms with Gasteiger partial charge in [-0.25, -0.2) is 9.97 Å². The van der Waals surface area contributed by atoms with Gasteiger partial charge in [0.2, 0.25) is 5.95 Å². The number of carboxylic acids is 1. The Bertz CT molecular complexity index is 767. The molecular formula is C16H16N4O3S. The molecule has 124 valence electrons. The normalized spacial score (nSPS) is 25.8. The summed E-state index contributed by atoms with van der Waals surface area (Å²) >= 11 is 1.46. The Hall–Kier alpha value is -2.48. The molecule has 4 heterocycles. The Morgan fingerprint density at radius 3 is 2.67 bits per heavy atom. The van der Waals surface area contributed by atoms with Crippen molar-refractivity contribution in [2.75, 3.05) is 31.1 Å². The second-order valence-corrected chi connectivity index (χ2v) is 7.07. The Kier molecular flexibility index (Phi) is 3.49. The van der Waals surface area contributed by atoms with Gasteiger partial charge in [-0.05, 0) is 17.5 Å². The number of carbonyl (C=O) groups is 2. The quantitative estimate of drug-likeness (QED) is 0.900. The van der Waals surface area contributed by atoms with Crippen molar-refractivity contribution in [3.63, 3.8) is 0 Å². The summed E-state index contributed by atoms with van der Waals surface area (Å²) in [7, 11) is 0. The van der Waals surface area contributed by atoms with Crippen molar-refractivity contribution in [1.29, 1.82) is 0 Å². The molecule has 0 aliphatic carbocycles. The molecule has 1 amide bonds. The third-order valence-electron chi connectivity index (χ3n) is 4.93. The molecule has 0 spiro atoms. The van der Waals surface area contributed by atoms with E-state index in [9.17, 15) is 14.7 Å². The van der Waals surface area contributed by atoms with Crippen LogP contribution in [0, 0.1) is 11.3 Å². The number of carboxylic acid groups (broad SMARTS) is 1. The van der Waals surface area contributed by atoms with Gasteiger partial charge in [0.1, 0.15) is 5.41 Å². The number of carbonyl (C=O) groups excluding carboxylic acids is 1. The van der Waals surface area contributed by atoms with E-state index in [1.807, 2.05) is 10.3 Å². The lowest BCUT2D eigenvalue weighted by Gasteiger charge is -2.25. The molecule has 2 aliphatic rings. The van der Waals surface area contributed by atoms with Gasteiger partial charge in [0.25, 0.3) is 5.91 Å².